The van der Waals surface area contributed by atoms with Gasteiger partial charge in [-0.25, -0.2) is 0 Å². The molecule has 1 nitrogen and oxygen atoms in total. The lowest BCUT2D eigenvalue weighted by atomic mass is 9.89. The van der Waals surface area contributed by atoms with E-state index in [1.807, 2.05) is 13.0 Å². The molecule has 0 saturated heterocycles. The summed E-state index contributed by atoms with van der Waals surface area (Å²) in [4.78, 5) is 0. The van der Waals surface area contributed by atoms with Gasteiger partial charge in [0.2, 0.25) is 0 Å². The Morgan fingerprint density at radius 2 is 1.60 bits per heavy atom. The fourth-order valence-corrected chi connectivity index (χ4v) is 2.93. The lowest BCUT2D eigenvalue weighted by Crippen LogP contribution is -2.03. The molecule has 0 aliphatic rings. The van der Waals surface area contributed by atoms with Crippen molar-refractivity contribution in [3.05, 3.63) is 58.5 Å². The molecular formula is C18H23ClO. The Kier molecular flexibility index (Phi) is 4.59. The molecule has 0 aliphatic carbocycles. The summed E-state index contributed by atoms with van der Waals surface area (Å²) in [6, 6.07) is 8.63. The number of benzene rings is 1. The van der Waals surface area contributed by atoms with Crippen molar-refractivity contribution >= 4 is 11.6 Å². The number of furan rings is 1. The number of aryl methyl sites for hydroxylation is 1. The van der Waals surface area contributed by atoms with Gasteiger partial charge in [-0.05, 0) is 41.5 Å². The molecule has 1 heterocycles. The first-order valence-corrected chi connectivity index (χ1v) is 7.67. The van der Waals surface area contributed by atoms with E-state index in [2.05, 4.69) is 45.9 Å². The third kappa shape index (κ3) is 2.93. The SMILES string of the molecule is Cc1occc1C(Cl)c1ccc(C(C)C)cc1C(C)C. The van der Waals surface area contributed by atoms with Gasteiger partial charge in [0, 0.05) is 5.56 Å². The predicted molar refractivity (Wildman–Crippen MR) is 85.8 cm³/mol. The van der Waals surface area contributed by atoms with Crippen LogP contribution in [-0.2, 0) is 0 Å². The fraction of sp³-hybridized carbons (Fsp3) is 0.444. The van der Waals surface area contributed by atoms with E-state index in [1.54, 1.807) is 6.26 Å². The summed E-state index contributed by atoms with van der Waals surface area (Å²) in [5, 5.41) is -0.146. The van der Waals surface area contributed by atoms with Crippen molar-refractivity contribution in [1.82, 2.24) is 0 Å². The van der Waals surface area contributed by atoms with E-state index >= 15 is 0 Å². The lowest BCUT2D eigenvalue weighted by molar-refractivity contribution is 0.530. The molecule has 1 unspecified atom stereocenters. The van der Waals surface area contributed by atoms with E-state index in [0.29, 0.717) is 11.8 Å². The molecule has 2 aromatic rings. The van der Waals surface area contributed by atoms with Crippen LogP contribution in [0.5, 0.6) is 0 Å². The van der Waals surface area contributed by atoms with Crippen molar-refractivity contribution in [3.8, 4) is 0 Å². The van der Waals surface area contributed by atoms with Gasteiger partial charge in [-0.3, -0.25) is 0 Å². The molecular weight excluding hydrogens is 268 g/mol. The van der Waals surface area contributed by atoms with Gasteiger partial charge in [0.05, 0.1) is 11.6 Å². The van der Waals surface area contributed by atoms with Crippen molar-refractivity contribution in [1.29, 1.82) is 0 Å². The van der Waals surface area contributed by atoms with E-state index in [4.69, 9.17) is 16.0 Å². The second-order valence-electron chi connectivity index (χ2n) is 5.99. The Balaban J connectivity index is 2.48. The molecule has 1 aromatic heterocycles. The van der Waals surface area contributed by atoms with Gasteiger partial charge in [-0.2, -0.15) is 0 Å². The van der Waals surface area contributed by atoms with Crippen molar-refractivity contribution in [2.45, 2.75) is 51.8 Å². The minimum Gasteiger partial charge on any atom is -0.469 e. The third-order valence-electron chi connectivity index (χ3n) is 3.84. The summed E-state index contributed by atoms with van der Waals surface area (Å²) < 4.78 is 5.38. The average Bonchev–Trinajstić information content (AvgIpc) is 2.83. The summed E-state index contributed by atoms with van der Waals surface area (Å²) in [7, 11) is 0. The van der Waals surface area contributed by atoms with Crippen LogP contribution in [-0.4, -0.2) is 0 Å². The largest absolute Gasteiger partial charge is 0.469 e. The first kappa shape index (κ1) is 15.2. The van der Waals surface area contributed by atoms with Crippen LogP contribution in [0.25, 0.3) is 0 Å². The van der Waals surface area contributed by atoms with Crippen LogP contribution in [0.3, 0.4) is 0 Å². The summed E-state index contributed by atoms with van der Waals surface area (Å²) in [5.41, 5.74) is 4.95. The molecule has 0 spiro atoms. The highest BCUT2D eigenvalue weighted by Gasteiger charge is 2.20. The molecule has 20 heavy (non-hydrogen) atoms. The van der Waals surface area contributed by atoms with Crippen LogP contribution in [0.4, 0.5) is 0 Å². The highest BCUT2D eigenvalue weighted by Crippen LogP contribution is 2.37. The molecule has 108 valence electrons. The maximum Gasteiger partial charge on any atom is 0.105 e. The van der Waals surface area contributed by atoms with Gasteiger partial charge in [-0.1, -0.05) is 45.9 Å². The Hall–Kier alpha value is -1.21. The second-order valence-corrected chi connectivity index (χ2v) is 6.43. The molecule has 1 aromatic carbocycles. The van der Waals surface area contributed by atoms with Gasteiger partial charge in [0.1, 0.15) is 5.76 Å². The zero-order chi connectivity index (χ0) is 14.9. The first-order chi connectivity index (χ1) is 9.41. The first-order valence-electron chi connectivity index (χ1n) is 7.23. The van der Waals surface area contributed by atoms with Crippen molar-refractivity contribution in [3.63, 3.8) is 0 Å². The summed E-state index contributed by atoms with van der Waals surface area (Å²) in [6.45, 7) is 10.8. The third-order valence-corrected chi connectivity index (χ3v) is 4.31. The summed E-state index contributed by atoms with van der Waals surface area (Å²) >= 11 is 6.70. The van der Waals surface area contributed by atoms with Gasteiger partial charge in [0.25, 0.3) is 0 Å². The van der Waals surface area contributed by atoms with Gasteiger partial charge in [-0.15, -0.1) is 11.6 Å². The maximum absolute atomic E-state index is 6.70. The predicted octanol–water partition coefficient (Wildman–Crippen LogP) is 6.16. The van der Waals surface area contributed by atoms with Crippen LogP contribution in [0.1, 0.15) is 72.9 Å². The van der Waals surface area contributed by atoms with Gasteiger partial charge in [0.15, 0.2) is 0 Å². The molecule has 0 fully saturated rings. The average molecular weight is 291 g/mol. The Morgan fingerprint density at radius 3 is 2.10 bits per heavy atom. The van der Waals surface area contributed by atoms with Crippen molar-refractivity contribution in [2.24, 2.45) is 0 Å². The molecule has 0 radical (unpaired) electrons. The molecule has 2 rings (SSSR count). The molecule has 2 heteroatoms. The van der Waals surface area contributed by atoms with E-state index < -0.39 is 0 Å². The zero-order valence-corrected chi connectivity index (χ0v) is 13.7. The summed E-state index contributed by atoms with van der Waals surface area (Å²) in [5.74, 6) is 1.88. The number of rotatable bonds is 4. The normalized spacial score (nSPS) is 13.2. The van der Waals surface area contributed by atoms with E-state index in [0.717, 1.165) is 11.3 Å². The highest BCUT2D eigenvalue weighted by atomic mass is 35.5. The Morgan fingerprint density at radius 1 is 0.900 bits per heavy atom. The van der Waals surface area contributed by atoms with Crippen molar-refractivity contribution in [2.75, 3.05) is 0 Å². The minimum atomic E-state index is -0.146. The van der Waals surface area contributed by atoms with Crippen LogP contribution in [0.2, 0.25) is 0 Å². The molecule has 0 bridgehead atoms. The minimum absolute atomic E-state index is 0.146. The van der Waals surface area contributed by atoms with E-state index in [1.165, 1.54) is 16.7 Å². The number of alkyl halides is 1. The van der Waals surface area contributed by atoms with Crippen molar-refractivity contribution < 1.29 is 4.42 Å². The smallest absolute Gasteiger partial charge is 0.105 e. The van der Waals surface area contributed by atoms with E-state index in [-0.39, 0.29) is 5.38 Å². The Labute approximate surface area is 127 Å². The highest BCUT2D eigenvalue weighted by molar-refractivity contribution is 6.22. The summed E-state index contributed by atoms with van der Waals surface area (Å²) in [6.07, 6.45) is 1.71. The molecule has 0 saturated carbocycles. The topological polar surface area (TPSA) is 13.1 Å². The van der Waals surface area contributed by atoms with Gasteiger partial charge < -0.3 is 4.42 Å². The second kappa shape index (κ2) is 6.05. The molecule has 1 atom stereocenters. The fourth-order valence-electron chi connectivity index (χ4n) is 2.51. The maximum atomic E-state index is 6.70. The number of hydrogen-bond donors (Lipinski definition) is 0. The monoisotopic (exact) mass is 290 g/mol. The molecule has 0 aliphatic heterocycles. The van der Waals surface area contributed by atoms with Crippen LogP contribution in [0.15, 0.2) is 34.9 Å². The number of halogens is 1. The quantitative estimate of drug-likeness (QED) is 0.614. The standard InChI is InChI=1S/C18H23ClO/c1-11(2)14-6-7-16(17(10-14)12(3)4)18(19)15-8-9-20-13(15)5/h6-12,18H,1-5H3. The number of hydrogen-bond acceptors (Lipinski definition) is 1. The van der Waals surface area contributed by atoms with Crippen LogP contribution in [0, 0.1) is 6.92 Å². The lowest BCUT2D eigenvalue weighted by Gasteiger charge is -2.19. The Bertz CT molecular complexity index is 581. The van der Waals surface area contributed by atoms with E-state index in [9.17, 15) is 0 Å². The van der Waals surface area contributed by atoms with Crippen LogP contribution < -0.4 is 0 Å². The molecule has 0 amide bonds. The van der Waals surface area contributed by atoms with Gasteiger partial charge >= 0.3 is 0 Å². The zero-order valence-electron chi connectivity index (χ0n) is 12.9. The molecule has 0 N–H and O–H groups in total. The van der Waals surface area contributed by atoms with Crippen LogP contribution >= 0.6 is 11.6 Å².